The molecule has 0 bridgehead atoms. The Morgan fingerprint density at radius 2 is 1.32 bits per heavy atom. The molecule has 31 heavy (non-hydrogen) atoms. The molecule has 6 fully saturated rings. The summed E-state index contributed by atoms with van der Waals surface area (Å²) in [5.74, 6) is 4.05. The largest absolute Gasteiger partial charge is 0.314 e. The highest BCUT2D eigenvalue weighted by molar-refractivity contribution is 5.10. The lowest BCUT2D eigenvalue weighted by Crippen LogP contribution is -2.57. The van der Waals surface area contributed by atoms with Gasteiger partial charge in [0, 0.05) is 64.4 Å². The molecule has 0 spiro atoms. The van der Waals surface area contributed by atoms with E-state index in [2.05, 4.69) is 34.3 Å². The van der Waals surface area contributed by atoms with Crippen molar-refractivity contribution in [2.24, 2.45) is 34.5 Å². The molecule has 0 aromatic rings. The maximum Gasteiger partial charge on any atom is 0.0110 e. The van der Waals surface area contributed by atoms with Crippen molar-refractivity contribution in [3.63, 3.8) is 0 Å². The highest BCUT2D eigenvalue weighted by atomic mass is 15.2. The molecule has 4 aliphatic carbocycles. The molecule has 0 radical (unpaired) electrons. The Kier molecular flexibility index (Phi) is 5.69. The Balaban J connectivity index is 1.20. The van der Waals surface area contributed by atoms with E-state index in [0.717, 1.165) is 35.8 Å². The van der Waals surface area contributed by atoms with Crippen LogP contribution in [0.25, 0.3) is 0 Å². The Morgan fingerprint density at radius 3 is 2.03 bits per heavy atom. The fourth-order valence-electron chi connectivity index (χ4n) is 10.0. The van der Waals surface area contributed by atoms with Gasteiger partial charge in [0.15, 0.2) is 0 Å². The third kappa shape index (κ3) is 3.63. The first-order chi connectivity index (χ1) is 15.1. The number of nitrogens with one attached hydrogen (secondary N) is 2. The molecule has 0 amide bonds. The molecule has 176 valence electrons. The predicted molar refractivity (Wildman–Crippen MR) is 128 cm³/mol. The maximum absolute atomic E-state index is 3.58. The van der Waals surface area contributed by atoms with Gasteiger partial charge in [-0.05, 0) is 92.3 Å². The van der Waals surface area contributed by atoms with Crippen molar-refractivity contribution < 1.29 is 0 Å². The lowest BCUT2D eigenvalue weighted by atomic mass is 9.45. The minimum absolute atomic E-state index is 0.616. The van der Waals surface area contributed by atoms with Gasteiger partial charge in [0.2, 0.25) is 0 Å². The number of piperazine rings is 2. The van der Waals surface area contributed by atoms with Crippen molar-refractivity contribution in [2.75, 3.05) is 52.4 Å². The van der Waals surface area contributed by atoms with Crippen molar-refractivity contribution in [3.05, 3.63) is 0 Å². The van der Waals surface area contributed by atoms with E-state index in [-0.39, 0.29) is 0 Å². The monoisotopic (exact) mass is 428 g/mol. The summed E-state index contributed by atoms with van der Waals surface area (Å²) in [4.78, 5) is 5.73. The van der Waals surface area contributed by atoms with E-state index in [1.807, 2.05) is 0 Å². The van der Waals surface area contributed by atoms with Gasteiger partial charge >= 0.3 is 0 Å². The first kappa shape index (κ1) is 21.4. The van der Waals surface area contributed by atoms with Crippen molar-refractivity contribution in [3.8, 4) is 0 Å². The quantitative estimate of drug-likeness (QED) is 0.704. The standard InChI is InChI=1S/C27H48N4/c1-26-8-7-24-23(25(26)17-22(18-26)31-15-11-29-12-16-31)6-4-20-3-5-21(19-27(20,24)2)30-13-9-28-10-14-30/h20-25,28-29H,3-19H2,1-2H3/t20?,21?,22?,23-,24-,25+,26-,27+/m1/s1. The second kappa shape index (κ2) is 8.25. The third-order valence-corrected chi connectivity index (χ3v) is 11.7. The van der Waals surface area contributed by atoms with Gasteiger partial charge in [-0.2, -0.15) is 0 Å². The van der Waals surface area contributed by atoms with Crippen LogP contribution in [-0.2, 0) is 0 Å². The number of nitrogens with zero attached hydrogens (tertiary/aromatic N) is 2. The lowest BCUT2D eigenvalue weighted by Gasteiger charge is -2.61. The summed E-state index contributed by atoms with van der Waals surface area (Å²) in [6.45, 7) is 15.4. The fraction of sp³-hybridized carbons (Fsp3) is 1.00. The average Bonchev–Trinajstić information content (AvgIpc) is 3.17. The zero-order chi connectivity index (χ0) is 21.1. The molecule has 2 saturated heterocycles. The highest BCUT2D eigenvalue weighted by Crippen LogP contribution is 2.66. The zero-order valence-electron chi connectivity index (χ0n) is 20.4. The summed E-state index contributed by atoms with van der Waals surface area (Å²) in [5, 5.41) is 7.15. The van der Waals surface area contributed by atoms with Crippen LogP contribution >= 0.6 is 0 Å². The second-order valence-electron chi connectivity index (χ2n) is 13.0. The molecule has 6 rings (SSSR count). The van der Waals surface area contributed by atoms with E-state index in [4.69, 9.17) is 0 Å². The van der Waals surface area contributed by atoms with Crippen molar-refractivity contribution in [1.82, 2.24) is 20.4 Å². The van der Waals surface area contributed by atoms with Crippen LogP contribution in [0.1, 0.15) is 71.6 Å². The van der Waals surface area contributed by atoms with Gasteiger partial charge in [0.05, 0.1) is 0 Å². The Hall–Kier alpha value is -0.160. The third-order valence-electron chi connectivity index (χ3n) is 11.7. The topological polar surface area (TPSA) is 30.5 Å². The zero-order valence-corrected chi connectivity index (χ0v) is 20.4. The van der Waals surface area contributed by atoms with Gasteiger partial charge in [0.1, 0.15) is 0 Å². The van der Waals surface area contributed by atoms with Crippen molar-refractivity contribution in [1.29, 1.82) is 0 Å². The molecule has 0 aromatic heterocycles. The van der Waals surface area contributed by atoms with Crippen LogP contribution in [0.4, 0.5) is 0 Å². The van der Waals surface area contributed by atoms with Gasteiger partial charge in [-0.15, -0.1) is 0 Å². The SMILES string of the molecule is C[C@]12CC[C@@H]3[C@@H](CCC4CCC(N5CCNCC5)C[C@@]43C)[C@@H]1CC(N1CCNCC1)C2. The normalized spacial score (nSPS) is 51.7. The summed E-state index contributed by atoms with van der Waals surface area (Å²) >= 11 is 0. The van der Waals surface area contributed by atoms with E-state index in [9.17, 15) is 0 Å². The van der Waals surface area contributed by atoms with E-state index >= 15 is 0 Å². The number of hydrogen-bond donors (Lipinski definition) is 2. The maximum atomic E-state index is 3.58. The van der Waals surface area contributed by atoms with Crippen molar-refractivity contribution in [2.45, 2.75) is 83.7 Å². The van der Waals surface area contributed by atoms with Gasteiger partial charge in [-0.1, -0.05) is 13.8 Å². The van der Waals surface area contributed by atoms with E-state index < -0.39 is 0 Å². The van der Waals surface area contributed by atoms with E-state index in [1.54, 1.807) is 6.42 Å². The molecular weight excluding hydrogens is 380 g/mol. The molecule has 2 heterocycles. The second-order valence-corrected chi connectivity index (χ2v) is 13.0. The summed E-state index contributed by atoms with van der Waals surface area (Å²) in [6.07, 6.45) is 13.6. The van der Waals surface area contributed by atoms with Crippen LogP contribution in [-0.4, -0.2) is 74.2 Å². The first-order valence-electron chi connectivity index (χ1n) is 14.0. The van der Waals surface area contributed by atoms with E-state index in [1.165, 1.54) is 104 Å². The van der Waals surface area contributed by atoms with Gasteiger partial charge in [0.25, 0.3) is 0 Å². The predicted octanol–water partition coefficient (Wildman–Crippen LogP) is 3.58. The molecule has 2 aliphatic heterocycles. The lowest BCUT2D eigenvalue weighted by molar-refractivity contribution is -0.118. The number of fused-ring (bicyclic) bond motifs is 5. The molecular formula is C27H48N4. The van der Waals surface area contributed by atoms with E-state index in [0.29, 0.717) is 10.8 Å². The summed E-state index contributed by atoms with van der Waals surface area (Å²) < 4.78 is 0. The average molecular weight is 429 g/mol. The Labute approximate surface area is 191 Å². The summed E-state index contributed by atoms with van der Waals surface area (Å²) in [5.41, 5.74) is 1.25. The van der Waals surface area contributed by atoms with Gasteiger partial charge < -0.3 is 10.6 Å². The van der Waals surface area contributed by atoms with Crippen LogP contribution in [0, 0.1) is 34.5 Å². The molecule has 2 N–H and O–H groups in total. The minimum Gasteiger partial charge on any atom is -0.314 e. The minimum atomic E-state index is 0.616. The molecule has 0 aromatic carbocycles. The molecule has 4 heteroatoms. The van der Waals surface area contributed by atoms with Crippen LogP contribution in [0.2, 0.25) is 0 Å². The highest BCUT2D eigenvalue weighted by Gasteiger charge is 2.60. The molecule has 8 atom stereocenters. The van der Waals surface area contributed by atoms with Crippen LogP contribution in [0.3, 0.4) is 0 Å². The molecule has 6 aliphatic rings. The molecule has 4 nitrogen and oxygen atoms in total. The number of rotatable bonds is 2. The first-order valence-corrected chi connectivity index (χ1v) is 14.0. The summed E-state index contributed by atoms with van der Waals surface area (Å²) in [6, 6.07) is 1.74. The fourth-order valence-corrected chi connectivity index (χ4v) is 10.0. The molecule has 3 unspecified atom stereocenters. The Morgan fingerprint density at radius 1 is 0.677 bits per heavy atom. The van der Waals surface area contributed by atoms with Crippen LogP contribution < -0.4 is 10.6 Å². The van der Waals surface area contributed by atoms with Crippen LogP contribution in [0.15, 0.2) is 0 Å². The summed E-state index contributed by atoms with van der Waals surface area (Å²) in [7, 11) is 0. The van der Waals surface area contributed by atoms with Gasteiger partial charge in [-0.3, -0.25) is 9.80 Å². The van der Waals surface area contributed by atoms with Crippen molar-refractivity contribution >= 4 is 0 Å². The number of hydrogen-bond acceptors (Lipinski definition) is 4. The smallest absolute Gasteiger partial charge is 0.0110 e. The van der Waals surface area contributed by atoms with Crippen LogP contribution in [0.5, 0.6) is 0 Å². The van der Waals surface area contributed by atoms with Gasteiger partial charge in [-0.25, -0.2) is 0 Å². The Bertz CT molecular complexity index is 641. The molecule has 4 saturated carbocycles.